The topological polar surface area (TPSA) is 80.3 Å². The number of benzene rings is 1. The van der Waals surface area contributed by atoms with E-state index in [2.05, 4.69) is 15.6 Å². The van der Waals surface area contributed by atoms with E-state index in [1.54, 1.807) is 36.5 Å². The Balaban J connectivity index is 2.04. The molecule has 0 bridgehead atoms. The summed E-state index contributed by atoms with van der Waals surface area (Å²) in [6.07, 6.45) is 1.56. The second-order valence-electron chi connectivity index (χ2n) is 4.80. The van der Waals surface area contributed by atoms with Crippen LogP contribution in [0.5, 0.6) is 5.88 Å². The first-order valence-corrected chi connectivity index (χ1v) is 7.30. The van der Waals surface area contributed by atoms with Gasteiger partial charge in [-0.2, -0.15) is 0 Å². The number of nitrogens with zero attached hydrogens (tertiary/aromatic N) is 1. The summed E-state index contributed by atoms with van der Waals surface area (Å²) < 4.78 is 5.07. The highest BCUT2D eigenvalue weighted by Gasteiger charge is 2.12. The Morgan fingerprint density at radius 1 is 1.13 bits per heavy atom. The fourth-order valence-electron chi connectivity index (χ4n) is 2.09. The fourth-order valence-corrected chi connectivity index (χ4v) is 2.09. The lowest BCUT2D eigenvalue weighted by atomic mass is 10.1. The molecule has 6 nitrogen and oxygen atoms in total. The van der Waals surface area contributed by atoms with Gasteiger partial charge < -0.3 is 15.4 Å². The van der Waals surface area contributed by atoms with Crippen molar-refractivity contribution in [3.8, 4) is 5.88 Å². The average Bonchev–Trinajstić information content (AvgIpc) is 2.60. The van der Waals surface area contributed by atoms with Crippen LogP contribution in [0, 0.1) is 0 Å². The zero-order valence-corrected chi connectivity index (χ0v) is 13.1. The van der Waals surface area contributed by atoms with Gasteiger partial charge in [0.1, 0.15) is 5.56 Å². The zero-order valence-electron chi connectivity index (χ0n) is 13.1. The summed E-state index contributed by atoms with van der Waals surface area (Å²) >= 11 is 0. The first kappa shape index (κ1) is 16.5. The number of ether oxygens (including phenoxy) is 1. The molecule has 0 aliphatic heterocycles. The number of aromatic nitrogens is 1. The summed E-state index contributed by atoms with van der Waals surface area (Å²) in [5.41, 5.74) is 1.78. The Labute approximate surface area is 134 Å². The number of nitrogens with one attached hydrogen (secondary N) is 2. The molecule has 0 spiro atoms. The first-order valence-electron chi connectivity index (χ1n) is 7.30. The lowest BCUT2D eigenvalue weighted by Gasteiger charge is -2.09. The van der Waals surface area contributed by atoms with E-state index in [4.69, 9.17) is 4.74 Å². The quantitative estimate of drug-likeness (QED) is 0.852. The number of rotatable bonds is 6. The van der Waals surface area contributed by atoms with Crippen LogP contribution in [0.2, 0.25) is 0 Å². The molecule has 0 atom stereocenters. The van der Waals surface area contributed by atoms with Crippen LogP contribution in [-0.4, -0.2) is 30.5 Å². The molecule has 0 unspecified atom stereocenters. The maximum atomic E-state index is 12.2. The summed E-state index contributed by atoms with van der Waals surface area (Å²) in [4.78, 5) is 28.0. The van der Waals surface area contributed by atoms with E-state index in [1.165, 1.54) is 7.11 Å². The molecule has 1 aromatic heterocycles. The van der Waals surface area contributed by atoms with Gasteiger partial charge in [0.05, 0.1) is 7.11 Å². The predicted molar refractivity (Wildman–Crippen MR) is 86.4 cm³/mol. The van der Waals surface area contributed by atoms with E-state index in [-0.39, 0.29) is 17.7 Å². The number of pyridine rings is 1. The minimum Gasteiger partial charge on any atom is -0.480 e. The lowest BCUT2D eigenvalue weighted by Crippen LogP contribution is -2.25. The highest BCUT2D eigenvalue weighted by molar-refractivity contribution is 5.96. The second kappa shape index (κ2) is 7.93. The van der Waals surface area contributed by atoms with Crippen LogP contribution < -0.4 is 15.4 Å². The predicted octanol–water partition coefficient (Wildman–Crippen LogP) is 1.77. The van der Waals surface area contributed by atoms with Crippen molar-refractivity contribution in [2.24, 2.45) is 0 Å². The molecule has 0 radical (unpaired) electrons. The number of hydrogen-bond donors (Lipinski definition) is 2. The van der Waals surface area contributed by atoms with Crippen molar-refractivity contribution < 1.29 is 14.3 Å². The third kappa shape index (κ3) is 4.29. The SMILES string of the molecule is CCNC(=O)c1cccc(CNC(=O)c2cccnc2OC)c1. The van der Waals surface area contributed by atoms with E-state index >= 15 is 0 Å². The average molecular weight is 313 g/mol. The number of methoxy groups -OCH3 is 1. The smallest absolute Gasteiger partial charge is 0.257 e. The highest BCUT2D eigenvalue weighted by Crippen LogP contribution is 2.13. The van der Waals surface area contributed by atoms with Crippen LogP contribution in [0.15, 0.2) is 42.6 Å². The molecule has 2 aromatic rings. The van der Waals surface area contributed by atoms with Crippen molar-refractivity contribution in [2.45, 2.75) is 13.5 Å². The Kier molecular flexibility index (Phi) is 5.68. The number of carbonyl (C=O) groups is 2. The second-order valence-corrected chi connectivity index (χ2v) is 4.80. The molecule has 0 fully saturated rings. The fraction of sp³-hybridized carbons (Fsp3) is 0.235. The van der Waals surface area contributed by atoms with Gasteiger partial charge in [-0.05, 0) is 36.8 Å². The Morgan fingerprint density at radius 3 is 2.70 bits per heavy atom. The molecule has 2 N–H and O–H groups in total. The van der Waals surface area contributed by atoms with Crippen LogP contribution in [0.25, 0.3) is 0 Å². The van der Waals surface area contributed by atoms with Crippen molar-refractivity contribution in [1.29, 1.82) is 0 Å². The number of amides is 2. The van der Waals surface area contributed by atoms with Crippen LogP contribution in [-0.2, 0) is 6.54 Å². The molecule has 120 valence electrons. The summed E-state index contributed by atoms with van der Waals surface area (Å²) in [5, 5.41) is 5.54. The largest absolute Gasteiger partial charge is 0.480 e. The Morgan fingerprint density at radius 2 is 1.96 bits per heavy atom. The highest BCUT2D eigenvalue weighted by atomic mass is 16.5. The van der Waals surface area contributed by atoms with Crippen LogP contribution in [0.4, 0.5) is 0 Å². The summed E-state index contributed by atoms with van der Waals surface area (Å²) in [6.45, 7) is 2.74. The molecule has 0 saturated carbocycles. The molecule has 1 aromatic carbocycles. The lowest BCUT2D eigenvalue weighted by molar-refractivity contribution is 0.0944. The Hall–Kier alpha value is -2.89. The van der Waals surface area contributed by atoms with Gasteiger partial charge in [-0.1, -0.05) is 12.1 Å². The minimum atomic E-state index is -0.279. The van der Waals surface area contributed by atoms with Gasteiger partial charge >= 0.3 is 0 Å². The van der Waals surface area contributed by atoms with E-state index in [0.717, 1.165) is 5.56 Å². The van der Waals surface area contributed by atoms with Gasteiger partial charge in [0.15, 0.2) is 0 Å². The van der Waals surface area contributed by atoms with Gasteiger partial charge in [0, 0.05) is 24.8 Å². The molecular weight excluding hydrogens is 294 g/mol. The zero-order chi connectivity index (χ0) is 16.7. The molecule has 0 saturated heterocycles. The van der Waals surface area contributed by atoms with Gasteiger partial charge in [-0.25, -0.2) is 4.98 Å². The molecule has 2 rings (SSSR count). The number of hydrogen-bond acceptors (Lipinski definition) is 4. The maximum absolute atomic E-state index is 12.2. The summed E-state index contributed by atoms with van der Waals surface area (Å²) in [5.74, 6) is -0.131. The molecule has 6 heteroatoms. The minimum absolute atomic E-state index is 0.130. The van der Waals surface area contributed by atoms with Crippen LogP contribution in [0.3, 0.4) is 0 Å². The van der Waals surface area contributed by atoms with E-state index in [1.807, 2.05) is 13.0 Å². The van der Waals surface area contributed by atoms with Gasteiger partial charge in [-0.15, -0.1) is 0 Å². The van der Waals surface area contributed by atoms with E-state index < -0.39 is 0 Å². The summed E-state index contributed by atoms with van der Waals surface area (Å²) in [6, 6.07) is 10.5. The van der Waals surface area contributed by atoms with Crippen LogP contribution >= 0.6 is 0 Å². The third-order valence-electron chi connectivity index (χ3n) is 3.19. The first-order chi connectivity index (χ1) is 11.2. The van der Waals surface area contributed by atoms with Crippen molar-refractivity contribution in [1.82, 2.24) is 15.6 Å². The molecule has 0 aliphatic carbocycles. The Bertz CT molecular complexity index is 701. The molecule has 1 heterocycles. The van der Waals surface area contributed by atoms with Crippen molar-refractivity contribution in [3.63, 3.8) is 0 Å². The molecular formula is C17H19N3O3. The van der Waals surface area contributed by atoms with E-state index in [0.29, 0.717) is 24.2 Å². The third-order valence-corrected chi connectivity index (χ3v) is 3.19. The normalized spacial score (nSPS) is 10.0. The number of carbonyl (C=O) groups excluding carboxylic acids is 2. The van der Waals surface area contributed by atoms with E-state index in [9.17, 15) is 9.59 Å². The van der Waals surface area contributed by atoms with Crippen LogP contribution in [0.1, 0.15) is 33.2 Å². The van der Waals surface area contributed by atoms with Gasteiger partial charge in [-0.3, -0.25) is 9.59 Å². The molecule has 0 aliphatic rings. The van der Waals surface area contributed by atoms with Crippen molar-refractivity contribution >= 4 is 11.8 Å². The standard InChI is InChI=1S/C17H19N3O3/c1-3-18-15(21)13-7-4-6-12(10-13)11-20-16(22)14-8-5-9-19-17(14)23-2/h4-10H,3,11H2,1-2H3,(H,18,21)(H,20,22). The maximum Gasteiger partial charge on any atom is 0.257 e. The molecule has 2 amide bonds. The monoisotopic (exact) mass is 313 g/mol. The molecule has 23 heavy (non-hydrogen) atoms. The summed E-state index contributed by atoms with van der Waals surface area (Å²) in [7, 11) is 1.47. The van der Waals surface area contributed by atoms with Gasteiger partial charge in [0.2, 0.25) is 5.88 Å². The van der Waals surface area contributed by atoms with Crippen molar-refractivity contribution in [3.05, 3.63) is 59.3 Å². The van der Waals surface area contributed by atoms with Crippen molar-refractivity contribution in [2.75, 3.05) is 13.7 Å². The van der Waals surface area contributed by atoms with Gasteiger partial charge in [0.25, 0.3) is 11.8 Å².